The summed E-state index contributed by atoms with van der Waals surface area (Å²) in [6, 6.07) is 5.33. The first-order chi connectivity index (χ1) is 9.04. The fourth-order valence-corrected chi connectivity index (χ4v) is 2.98. The molecule has 0 spiro atoms. The normalized spacial score (nSPS) is 14.1. The summed E-state index contributed by atoms with van der Waals surface area (Å²) in [4.78, 5) is 0.946. The molecule has 1 atom stereocenters. The lowest BCUT2D eigenvalue weighted by Crippen LogP contribution is -2.30. The minimum atomic E-state index is -0.615. The molecule has 0 aliphatic rings. The predicted molar refractivity (Wildman–Crippen MR) is 80.1 cm³/mol. The topological polar surface area (TPSA) is 49.7 Å². The predicted octanol–water partition coefficient (Wildman–Crippen LogP) is 3.82. The van der Waals surface area contributed by atoms with E-state index in [0.717, 1.165) is 30.6 Å². The van der Waals surface area contributed by atoms with Crippen molar-refractivity contribution in [1.82, 2.24) is 0 Å². The van der Waals surface area contributed by atoms with Gasteiger partial charge in [-0.1, -0.05) is 26.7 Å². The van der Waals surface area contributed by atoms with Crippen LogP contribution in [0.15, 0.2) is 23.1 Å². The number of methoxy groups -OCH3 is 1. The highest BCUT2D eigenvalue weighted by Gasteiger charge is 2.24. The summed E-state index contributed by atoms with van der Waals surface area (Å²) in [5, 5.41) is 20.2. The van der Waals surface area contributed by atoms with Gasteiger partial charge in [0.2, 0.25) is 0 Å². The molecule has 108 valence electrons. The zero-order chi connectivity index (χ0) is 14.3. The molecule has 1 rings (SSSR count). The van der Waals surface area contributed by atoms with E-state index >= 15 is 0 Å². The van der Waals surface area contributed by atoms with Crippen molar-refractivity contribution < 1.29 is 14.9 Å². The number of benzene rings is 1. The molecule has 0 aliphatic heterocycles. The number of aliphatic hydroxyl groups is 1. The van der Waals surface area contributed by atoms with Gasteiger partial charge in [0.05, 0.1) is 12.7 Å². The third-order valence-electron chi connectivity index (χ3n) is 3.31. The van der Waals surface area contributed by atoms with E-state index in [1.165, 1.54) is 7.11 Å². The molecular weight excluding hydrogens is 260 g/mol. The molecule has 0 bridgehead atoms. The molecule has 0 aliphatic carbocycles. The summed E-state index contributed by atoms with van der Waals surface area (Å²) in [6.45, 7) is 4.15. The molecule has 0 amide bonds. The van der Waals surface area contributed by atoms with E-state index in [1.54, 1.807) is 23.9 Å². The molecular formula is C15H24O3S. The second-order valence-corrected chi connectivity index (χ2v) is 5.85. The first-order valence-corrected chi connectivity index (χ1v) is 7.75. The van der Waals surface area contributed by atoms with Gasteiger partial charge in [0.1, 0.15) is 0 Å². The van der Waals surface area contributed by atoms with Crippen LogP contribution >= 0.6 is 11.8 Å². The fraction of sp³-hybridized carbons (Fsp3) is 0.600. The third kappa shape index (κ3) is 4.96. The highest BCUT2D eigenvalue weighted by Crippen LogP contribution is 2.33. The maximum Gasteiger partial charge on any atom is 0.160 e. The summed E-state index contributed by atoms with van der Waals surface area (Å²) in [5.41, 5.74) is -0.615. The van der Waals surface area contributed by atoms with Crippen molar-refractivity contribution in [2.75, 3.05) is 12.9 Å². The van der Waals surface area contributed by atoms with Crippen molar-refractivity contribution in [3.05, 3.63) is 18.2 Å². The van der Waals surface area contributed by atoms with Crippen LogP contribution in [0.1, 0.15) is 39.5 Å². The van der Waals surface area contributed by atoms with Crippen LogP contribution in [0.3, 0.4) is 0 Å². The molecule has 3 nitrogen and oxygen atoms in total. The highest BCUT2D eigenvalue weighted by atomic mass is 32.2. The first-order valence-electron chi connectivity index (χ1n) is 6.77. The highest BCUT2D eigenvalue weighted by molar-refractivity contribution is 7.99. The number of phenols is 1. The number of hydrogen-bond donors (Lipinski definition) is 2. The summed E-state index contributed by atoms with van der Waals surface area (Å²) >= 11 is 1.57. The van der Waals surface area contributed by atoms with Crippen molar-refractivity contribution in [2.24, 2.45) is 0 Å². The van der Waals surface area contributed by atoms with Crippen molar-refractivity contribution >= 4 is 11.8 Å². The first kappa shape index (κ1) is 16.2. The molecule has 0 aromatic heterocycles. The van der Waals surface area contributed by atoms with Crippen molar-refractivity contribution in [3.63, 3.8) is 0 Å². The van der Waals surface area contributed by atoms with E-state index in [-0.39, 0.29) is 5.75 Å². The van der Waals surface area contributed by atoms with Gasteiger partial charge >= 0.3 is 0 Å². The molecule has 4 heteroatoms. The van der Waals surface area contributed by atoms with E-state index in [1.807, 2.05) is 13.0 Å². The standard InChI is InChI=1S/C15H24O3S/c1-4-6-9-15(17,5-2)11-19-12-7-8-14(18-3)13(16)10-12/h7-8,10,16-17H,4-6,9,11H2,1-3H3. The van der Waals surface area contributed by atoms with E-state index < -0.39 is 5.60 Å². The Kier molecular flexibility index (Phi) is 6.52. The summed E-state index contributed by atoms with van der Waals surface area (Å²) in [5.74, 6) is 1.26. The van der Waals surface area contributed by atoms with E-state index in [0.29, 0.717) is 11.5 Å². The Hall–Kier alpha value is -0.870. The quantitative estimate of drug-likeness (QED) is 0.712. The number of phenolic OH excluding ortho intramolecular Hbond substituents is 1. The minimum Gasteiger partial charge on any atom is -0.504 e. The Balaban J connectivity index is 2.61. The number of thioether (sulfide) groups is 1. The Morgan fingerprint density at radius 3 is 2.58 bits per heavy atom. The zero-order valence-electron chi connectivity index (χ0n) is 12.0. The number of rotatable bonds is 8. The van der Waals surface area contributed by atoms with Crippen LogP contribution in [0.5, 0.6) is 11.5 Å². The molecule has 19 heavy (non-hydrogen) atoms. The lowest BCUT2D eigenvalue weighted by molar-refractivity contribution is 0.0497. The van der Waals surface area contributed by atoms with Crippen LogP contribution in [0.2, 0.25) is 0 Å². The lowest BCUT2D eigenvalue weighted by Gasteiger charge is -2.26. The summed E-state index contributed by atoms with van der Waals surface area (Å²) in [6.07, 6.45) is 3.71. The smallest absolute Gasteiger partial charge is 0.160 e. The van der Waals surface area contributed by atoms with E-state index in [4.69, 9.17) is 4.74 Å². The molecule has 1 aromatic rings. The average molecular weight is 284 g/mol. The van der Waals surface area contributed by atoms with E-state index in [9.17, 15) is 10.2 Å². The molecule has 0 fully saturated rings. The van der Waals surface area contributed by atoms with Gasteiger partial charge in [-0.25, -0.2) is 0 Å². The molecule has 1 aromatic carbocycles. The zero-order valence-corrected chi connectivity index (χ0v) is 12.8. The Bertz CT molecular complexity index is 395. The molecule has 0 saturated carbocycles. The van der Waals surface area contributed by atoms with Crippen LogP contribution in [0.25, 0.3) is 0 Å². The van der Waals surface area contributed by atoms with Gasteiger partial charge < -0.3 is 14.9 Å². The Morgan fingerprint density at radius 1 is 1.32 bits per heavy atom. The Morgan fingerprint density at radius 2 is 2.05 bits per heavy atom. The van der Waals surface area contributed by atoms with Gasteiger partial charge in [-0.3, -0.25) is 0 Å². The summed E-state index contributed by atoms with van der Waals surface area (Å²) < 4.78 is 5.01. The SMILES string of the molecule is CCCCC(O)(CC)CSc1ccc(OC)c(O)c1. The van der Waals surface area contributed by atoms with Crippen molar-refractivity contribution in [1.29, 1.82) is 0 Å². The van der Waals surface area contributed by atoms with Crippen molar-refractivity contribution in [3.8, 4) is 11.5 Å². The molecule has 0 heterocycles. The molecule has 2 N–H and O–H groups in total. The van der Waals surface area contributed by atoms with Crippen LogP contribution in [0.4, 0.5) is 0 Å². The maximum atomic E-state index is 10.5. The van der Waals surface area contributed by atoms with Gasteiger partial charge in [-0.2, -0.15) is 0 Å². The largest absolute Gasteiger partial charge is 0.504 e. The molecule has 0 saturated heterocycles. The third-order valence-corrected chi connectivity index (χ3v) is 4.58. The molecule has 1 unspecified atom stereocenters. The van der Waals surface area contributed by atoms with Gasteiger partial charge in [0, 0.05) is 10.6 Å². The van der Waals surface area contributed by atoms with Gasteiger partial charge in [0.15, 0.2) is 11.5 Å². The van der Waals surface area contributed by atoms with Crippen LogP contribution < -0.4 is 4.74 Å². The monoisotopic (exact) mass is 284 g/mol. The maximum absolute atomic E-state index is 10.5. The number of ether oxygens (including phenoxy) is 1. The second-order valence-electron chi connectivity index (χ2n) is 4.80. The van der Waals surface area contributed by atoms with Crippen LogP contribution in [-0.4, -0.2) is 28.7 Å². The number of aromatic hydroxyl groups is 1. The van der Waals surface area contributed by atoms with E-state index in [2.05, 4.69) is 6.92 Å². The van der Waals surface area contributed by atoms with Gasteiger partial charge in [-0.05, 0) is 31.0 Å². The van der Waals surface area contributed by atoms with Crippen LogP contribution in [0, 0.1) is 0 Å². The lowest BCUT2D eigenvalue weighted by atomic mass is 9.96. The van der Waals surface area contributed by atoms with Crippen molar-refractivity contribution in [2.45, 2.75) is 50.0 Å². The van der Waals surface area contributed by atoms with Crippen LogP contribution in [-0.2, 0) is 0 Å². The number of unbranched alkanes of at least 4 members (excludes halogenated alkanes) is 1. The van der Waals surface area contributed by atoms with Gasteiger partial charge in [-0.15, -0.1) is 11.8 Å². The average Bonchev–Trinajstić information content (AvgIpc) is 2.43. The Labute approximate surface area is 120 Å². The minimum absolute atomic E-state index is 0.140. The fourth-order valence-electron chi connectivity index (χ4n) is 1.83. The second kappa shape index (κ2) is 7.65. The summed E-state index contributed by atoms with van der Waals surface area (Å²) in [7, 11) is 1.53. The molecule has 0 radical (unpaired) electrons. The van der Waals surface area contributed by atoms with Gasteiger partial charge in [0.25, 0.3) is 0 Å². The number of hydrogen-bond acceptors (Lipinski definition) is 4.